The second-order valence-corrected chi connectivity index (χ2v) is 8.98. The quantitative estimate of drug-likeness (QED) is 0.461. The van der Waals surface area contributed by atoms with E-state index in [2.05, 4.69) is 40.2 Å². The number of hydrogen-bond acceptors (Lipinski definition) is 7. The van der Waals surface area contributed by atoms with E-state index in [1.807, 2.05) is 25.3 Å². The Hall–Kier alpha value is -3.46. The second kappa shape index (κ2) is 10.9. The molecule has 3 N–H and O–H groups in total. The normalized spacial score (nSPS) is 13.3. The van der Waals surface area contributed by atoms with Gasteiger partial charge in [0.15, 0.2) is 5.82 Å². The summed E-state index contributed by atoms with van der Waals surface area (Å²) in [6.45, 7) is 9.45. The van der Waals surface area contributed by atoms with Gasteiger partial charge in [-0.3, -0.25) is 4.79 Å². The third-order valence-electron chi connectivity index (χ3n) is 6.66. The van der Waals surface area contributed by atoms with Gasteiger partial charge in [0.1, 0.15) is 11.3 Å². The largest absolute Gasteiger partial charge is 0.497 e. The molecule has 0 spiro atoms. The van der Waals surface area contributed by atoms with E-state index in [4.69, 9.17) is 15.5 Å². The van der Waals surface area contributed by atoms with Gasteiger partial charge in [-0.25, -0.2) is 14.6 Å². The Balaban J connectivity index is 1.48. The van der Waals surface area contributed by atoms with E-state index in [0.29, 0.717) is 11.5 Å². The van der Waals surface area contributed by atoms with Crippen molar-refractivity contribution in [3.05, 3.63) is 47.3 Å². The molecule has 1 aliphatic carbocycles. The first kappa shape index (κ1) is 24.7. The summed E-state index contributed by atoms with van der Waals surface area (Å²) in [5, 5.41) is 7.37. The van der Waals surface area contributed by atoms with E-state index in [0.717, 1.165) is 67.9 Å². The molecule has 3 aromatic rings. The van der Waals surface area contributed by atoms with Gasteiger partial charge >= 0.3 is 0 Å². The molecule has 1 aromatic carbocycles. The number of hydrogen-bond donors (Lipinski definition) is 2. The summed E-state index contributed by atoms with van der Waals surface area (Å²) in [7, 11) is 1.67. The minimum Gasteiger partial charge on any atom is -0.497 e. The van der Waals surface area contributed by atoms with Crippen molar-refractivity contribution in [2.24, 2.45) is 0 Å². The fourth-order valence-corrected chi connectivity index (χ4v) is 4.53. The van der Waals surface area contributed by atoms with Gasteiger partial charge in [-0.2, -0.15) is 0 Å². The number of ether oxygens (including phenoxy) is 1. The SMILES string of the molecule is CCN(CC)CCCC(C)NC(=O)c1cn(-c2ncc3c(n2)-c2ccc(OC)cc2CC3)nc1N. The average molecular weight is 478 g/mol. The molecule has 9 heteroatoms. The number of nitrogens with two attached hydrogens (primary N) is 1. The number of carbonyl (C=O) groups excluding carboxylic acids is 1. The van der Waals surface area contributed by atoms with Crippen molar-refractivity contribution in [1.82, 2.24) is 30.0 Å². The molecule has 0 radical (unpaired) electrons. The van der Waals surface area contributed by atoms with Crippen molar-refractivity contribution < 1.29 is 9.53 Å². The van der Waals surface area contributed by atoms with Gasteiger partial charge in [0, 0.05) is 24.0 Å². The van der Waals surface area contributed by atoms with Crippen molar-refractivity contribution in [3.63, 3.8) is 0 Å². The van der Waals surface area contributed by atoms with E-state index >= 15 is 0 Å². The molecule has 35 heavy (non-hydrogen) atoms. The number of aryl methyl sites for hydroxylation is 2. The fourth-order valence-electron chi connectivity index (χ4n) is 4.53. The number of nitrogen functional groups attached to an aromatic ring is 1. The maximum atomic E-state index is 12.9. The number of carbonyl (C=O) groups is 1. The van der Waals surface area contributed by atoms with Gasteiger partial charge in [-0.05, 0) is 81.6 Å². The molecule has 0 aliphatic heterocycles. The predicted molar refractivity (Wildman–Crippen MR) is 137 cm³/mol. The molecular weight excluding hydrogens is 442 g/mol. The number of anilines is 1. The highest BCUT2D eigenvalue weighted by atomic mass is 16.5. The van der Waals surface area contributed by atoms with Gasteiger partial charge in [0.25, 0.3) is 11.9 Å². The Kier molecular flexibility index (Phi) is 7.65. The van der Waals surface area contributed by atoms with Gasteiger partial charge in [0.2, 0.25) is 0 Å². The third-order valence-corrected chi connectivity index (χ3v) is 6.66. The highest BCUT2D eigenvalue weighted by Crippen LogP contribution is 2.34. The number of methoxy groups -OCH3 is 1. The highest BCUT2D eigenvalue weighted by Gasteiger charge is 2.22. The number of fused-ring (bicyclic) bond motifs is 3. The fraction of sp³-hybridized carbons (Fsp3) is 0.462. The first-order valence-corrected chi connectivity index (χ1v) is 12.3. The lowest BCUT2D eigenvalue weighted by molar-refractivity contribution is 0.0938. The van der Waals surface area contributed by atoms with E-state index in [9.17, 15) is 4.79 Å². The second-order valence-electron chi connectivity index (χ2n) is 8.98. The Bertz CT molecular complexity index is 1190. The molecule has 1 unspecified atom stereocenters. The summed E-state index contributed by atoms with van der Waals surface area (Å²) in [4.78, 5) is 24.5. The van der Waals surface area contributed by atoms with Crippen LogP contribution in [0.5, 0.6) is 5.75 Å². The zero-order valence-electron chi connectivity index (χ0n) is 21.0. The highest BCUT2D eigenvalue weighted by molar-refractivity contribution is 5.98. The van der Waals surface area contributed by atoms with Gasteiger partial charge in [0.05, 0.1) is 12.8 Å². The summed E-state index contributed by atoms with van der Waals surface area (Å²) < 4.78 is 6.85. The van der Waals surface area contributed by atoms with Crippen LogP contribution >= 0.6 is 0 Å². The zero-order chi connectivity index (χ0) is 24.9. The van der Waals surface area contributed by atoms with Crippen molar-refractivity contribution in [2.45, 2.75) is 52.5 Å². The van der Waals surface area contributed by atoms with Crippen LogP contribution < -0.4 is 15.8 Å². The predicted octanol–water partition coefficient (Wildman–Crippen LogP) is 3.26. The van der Waals surface area contributed by atoms with Crippen molar-refractivity contribution in [1.29, 1.82) is 0 Å². The summed E-state index contributed by atoms with van der Waals surface area (Å²) in [5.41, 5.74) is 10.7. The monoisotopic (exact) mass is 477 g/mol. The summed E-state index contributed by atoms with van der Waals surface area (Å²) in [6, 6.07) is 6.06. The molecule has 186 valence electrons. The number of aromatic nitrogens is 4. The molecule has 1 amide bonds. The van der Waals surface area contributed by atoms with E-state index < -0.39 is 0 Å². The lowest BCUT2D eigenvalue weighted by atomic mass is 9.90. The van der Waals surface area contributed by atoms with Crippen LogP contribution in [0, 0.1) is 0 Å². The van der Waals surface area contributed by atoms with Crippen molar-refractivity contribution in [3.8, 4) is 23.0 Å². The van der Waals surface area contributed by atoms with Crippen LogP contribution in [0.2, 0.25) is 0 Å². The molecule has 9 nitrogen and oxygen atoms in total. The number of amides is 1. The minimum absolute atomic E-state index is 0.0364. The van der Waals surface area contributed by atoms with Crippen LogP contribution in [0.1, 0.15) is 55.1 Å². The molecule has 1 aliphatic rings. The summed E-state index contributed by atoms with van der Waals surface area (Å²) >= 11 is 0. The Labute approximate surface area is 206 Å². The maximum Gasteiger partial charge on any atom is 0.256 e. The molecule has 1 atom stereocenters. The topological polar surface area (TPSA) is 111 Å². The van der Waals surface area contributed by atoms with E-state index in [-0.39, 0.29) is 17.8 Å². The van der Waals surface area contributed by atoms with Crippen molar-refractivity contribution >= 4 is 11.7 Å². The van der Waals surface area contributed by atoms with Crippen LogP contribution in [0.3, 0.4) is 0 Å². The molecule has 0 saturated heterocycles. The van der Waals surface area contributed by atoms with Crippen LogP contribution in [-0.2, 0) is 12.8 Å². The first-order chi connectivity index (χ1) is 16.9. The first-order valence-electron chi connectivity index (χ1n) is 12.3. The lowest BCUT2D eigenvalue weighted by Crippen LogP contribution is -2.33. The molecule has 0 saturated carbocycles. The maximum absolute atomic E-state index is 12.9. The van der Waals surface area contributed by atoms with Crippen LogP contribution in [0.4, 0.5) is 5.82 Å². The molecule has 0 bridgehead atoms. The van der Waals surface area contributed by atoms with Gasteiger partial charge < -0.3 is 20.7 Å². The van der Waals surface area contributed by atoms with Crippen LogP contribution in [0.15, 0.2) is 30.6 Å². The number of rotatable bonds is 10. The number of benzene rings is 1. The van der Waals surface area contributed by atoms with Crippen LogP contribution in [-0.4, -0.2) is 63.3 Å². The Morgan fingerprint density at radius 2 is 2.03 bits per heavy atom. The average Bonchev–Trinajstić information content (AvgIpc) is 3.27. The smallest absolute Gasteiger partial charge is 0.256 e. The number of nitrogens with one attached hydrogen (secondary N) is 1. The number of nitrogens with zero attached hydrogens (tertiary/aromatic N) is 5. The molecular formula is C26H35N7O2. The molecule has 0 fully saturated rings. The van der Waals surface area contributed by atoms with Crippen molar-refractivity contribution in [2.75, 3.05) is 32.5 Å². The third kappa shape index (κ3) is 5.45. The molecule has 2 aromatic heterocycles. The molecule has 4 rings (SSSR count). The standard InChI is InChI=1S/C26H35N7O2/c1-5-32(6-2)13-7-8-17(3)29-25(34)22-16-33(31-24(22)27)26-28-15-19-10-9-18-14-20(35-4)11-12-21(18)23(19)30-26/h11-12,14-17H,5-10,13H2,1-4H3,(H2,27,31)(H,29,34). The summed E-state index contributed by atoms with van der Waals surface area (Å²) in [5.74, 6) is 1.13. The zero-order valence-corrected chi connectivity index (χ0v) is 21.0. The Morgan fingerprint density at radius 3 is 2.77 bits per heavy atom. The Morgan fingerprint density at radius 1 is 1.26 bits per heavy atom. The van der Waals surface area contributed by atoms with Gasteiger partial charge in [-0.1, -0.05) is 13.8 Å². The van der Waals surface area contributed by atoms with E-state index in [1.54, 1.807) is 13.3 Å². The lowest BCUT2D eigenvalue weighted by Gasteiger charge is -2.19. The van der Waals surface area contributed by atoms with Gasteiger partial charge in [-0.15, -0.1) is 5.10 Å². The van der Waals surface area contributed by atoms with E-state index in [1.165, 1.54) is 10.2 Å². The van der Waals surface area contributed by atoms with Crippen LogP contribution in [0.25, 0.3) is 17.2 Å². The molecule has 2 heterocycles. The minimum atomic E-state index is -0.237. The summed E-state index contributed by atoms with van der Waals surface area (Å²) in [6.07, 6.45) is 7.13.